The van der Waals surface area contributed by atoms with E-state index in [0.29, 0.717) is 0 Å². The summed E-state index contributed by atoms with van der Waals surface area (Å²) in [4.78, 5) is 22.8. The van der Waals surface area contributed by atoms with Crippen molar-refractivity contribution in [2.24, 2.45) is 0 Å². The van der Waals surface area contributed by atoms with Gasteiger partial charge in [-0.1, -0.05) is 18.2 Å². The van der Waals surface area contributed by atoms with Gasteiger partial charge in [0.1, 0.15) is 5.82 Å². The van der Waals surface area contributed by atoms with Gasteiger partial charge < -0.3 is 9.88 Å². The quantitative estimate of drug-likeness (QED) is 0.937. The molecule has 2 aromatic rings. The van der Waals surface area contributed by atoms with Crippen LogP contribution in [0.4, 0.5) is 5.82 Å². The van der Waals surface area contributed by atoms with Crippen molar-refractivity contribution in [2.75, 3.05) is 31.1 Å². The second kappa shape index (κ2) is 6.32. The summed E-state index contributed by atoms with van der Waals surface area (Å²) in [6, 6.07) is 8.04. The third-order valence-electron chi connectivity index (χ3n) is 4.39. The lowest BCUT2D eigenvalue weighted by Gasteiger charge is -2.35. The van der Waals surface area contributed by atoms with Crippen molar-refractivity contribution in [3.05, 3.63) is 57.6 Å². The zero-order valence-electron chi connectivity index (χ0n) is 13.2. The number of anilines is 1. The van der Waals surface area contributed by atoms with Gasteiger partial charge in [-0.05, 0) is 30.5 Å². The molecule has 0 saturated carbocycles. The Labute approximate surface area is 130 Å². The van der Waals surface area contributed by atoms with Gasteiger partial charge in [0.2, 0.25) is 0 Å². The minimum Gasteiger partial charge on any atom is -0.354 e. The fourth-order valence-electron chi connectivity index (χ4n) is 2.99. The average Bonchev–Trinajstić information content (AvgIpc) is 2.52. The van der Waals surface area contributed by atoms with Gasteiger partial charge in [-0.3, -0.25) is 9.69 Å². The van der Waals surface area contributed by atoms with Crippen molar-refractivity contribution >= 4 is 5.82 Å². The van der Waals surface area contributed by atoms with Crippen LogP contribution in [-0.2, 0) is 6.54 Å². The number of hydrogen-bond donors (Lipinski definition) is 1. The first kappa shape index (κ1) is 14.8. The van der Waals surface area contributed by atoms with Crippen LogP contribution in [0.3, 0.4) is 0 Å². The summed E-state index contributed by atoms with van der Waals surface area (Å²) >= 11 is 0. The molecule has 1 aliphatic rings. The van der Waals surface area contributed by atoms with Gasteiger partial charge >= 0.3 is 0 Å². The predicted octanol–water partition coefficient (Wildman–Crippen LogP) is 1.71. The van der Waals surface area contributed by atoms with Gasteiger partial charge in [-0.15, -0.1) is 0 Å². The molecule has 1 fully saturated rings. The number of nitrogens with zero attached hydrogens (tertiary/aromatic N) is 3. The van der Waals surface area contributed by atoms with Gasteiger partial charge in [0, 0.05) is 38.8 Å². The van der Waals surface area contributed by atoms with E-state index in [1.165, 1.54) is 23.0 Å². The minimum absolute atomic E-state index is 0.0945. The number of piperazine rings is 1. The SMILES string of the molecule is Cc1cccc(C)c1CN1CCN(c2cc(=O)[nH]cn2)CC1. The maximum atomic E-state index is 11.4. The summed E-state index contributed by atoms with van der Waals surface area (Å²) in [6.07, 6.45) is 1.47. The highest BCUT2D eigenvalue weighted by atomic mass is 16.1. The van der Waals surface area contributed by atoms with E-state index >= 15 is 0 Å². The van der Waals surface area contributed by atoms with Crippen molar-refractivity contribution in [2.45, 2.75) is 20.4 Å². The van der Waals surface area contributed by atoms with Crippen LogP contribution in [0.5, 0.6) is 0 Å². The van der Waals surface area contributed by atoms with E-state index in [4.69, 9.17) is 0 Å². The first-order chi connectivity index (χ1) is 10.6. The van der Waals surface area contributed by atoms with Crippen LogP contribution in [0.15, 0.2) is 35.4 Å². The number of rotatable bonds is 3. The normalized spacial score (nSPS) is 16.0. The van der Waals surface area contributed by atoms with E-state index in [1.54, 1.807) is 6.07 Å². The van der Waals surface area contributed by atoms with Gasteiger partial charge in [-0.25, -0.2) is 4.98 Å². The standard InChI is InChI=1S/C17H22N4O/c1-13-4-3-5-14(2)15(13)11-20-6-8-21(9-7-20)16-10-17(22)19-12-18-16/h3-5,10,12H,6-9,11H2,1-2H3,(H,18,19,22). The van der Waals surface area contributed by atoms with E-state index in [2.05, 4.69) is 51.8 Å². The Morgan fingerprint density at radius 3 is 2.45 bits per heavy atom. The van der Waals surface area contributed by atoms with Gasteiger partial charge in [0.25, 0.3) is 5.56 Å². The topological polar surface area (TPSA) is 52.2 Å². The smallest absolute Gasteiger partial charge is 0.252 e. The van der Waals surface area contributed by atoms with Crippen molar-refractivity contribution in [1.29, 1.82) is 0 Å². The molecule has 1 aromatic heterocycles. The molecule has 3 rings (SSSR count). The van der Waals surface area contributed by atoms with Crippen molar-refractivity contribution < 1.29 is 0 Å². The summed E-state index contributed by atoms with van der Waals surface area (Å²) in [6.45, 7) is 9.14. The highest BCUT2D eigenvalue weighted by Crippen LogP contribution is 2.18. The van der Waals surface area contributed by atoms with Gasteiger partial charge in [0.05, 0.1) is 6.33 Å². The van der Waals surface area contributed by atoms with Crippen LogP contribution in [0.25, 0.3) is 0 Å². The molecule has 1 saturated heterocycles. The second-order valence-electron chi connectivity index (χ2n) is 5.90. The number of hydrogen-bond acceptors (Lipinski definition) is 4. The molecule has 0 radical (unpaired) electrons. The Morgan fingerprint density at radius 1 is 1.14 bits per heavy atom. The van der Waals surface area contributed by atoms with Crippen LogP contribution < -0.4 is 10.5 Å². The molecule has 0 aliphatic carbocycles. The molecule has 0 spiro atoms. The molecular weight excluding hydrogens is 276 g/mol. The Balaban J connectivity index is 1.64. The fraction of sp³-hybridized carbons (Fsp3) is 0.412. The Hall–Kier alpha value is -2.14. The number of nitrogens with one attached hydrogen (secondary N) is 1. The van der Waals surface area contributed by atoms with Crippen molar-refractivity contribution in [1.82, 2.24) is 14.9 Å². The van der Waals surface area contributed by atoms with Crippen LogP contribution in [0.1, 0.15) is 16.7 Å². The third-order valence-corrected chi connectivity index (χ3v) is 4.39. The van der Waals surface area contributed by atoms with Gasteiger partial charge in [0.15, 0.2) is 0 Å². The van der Waals surface area contributed by atoms with Crippen LogP contribution in [0, 0.1) is 13.8 Å². The van der Waals surface area contributed by atoms with Crippen LogP contribution >= 0.6 is 0 Å². The second-order valence-corrected chi connectivity index (χ2v) is 5.90. The maximum Gasteiger partial charge on any atom is 0.252 e. The molecule has 1 N–H and O–H groups in total. The predicted molar refractivity (Wildman–Crippen MR) is 88.3 cm³/mol. The van der Waals surface area contributed by atoms with E-state index in [1.807, 2.05) is 0 Å². The molecule has 22 heavy (non-hydrogen) atoms. The lowest BCUT2D eigenvalue weighted by Crippen LogP contribution is -2.46. The summed E-state index contributed by atoms with van der Waals surface area (Å²) < 4.78 is 0. The zero-order chi connectivity index (χ0) is 15.5. The molecule has 2 heterocycles. The van der Waals surface area contributed by atoms with Crippen LogP contribution in [-0.4, -0.2) is 41.0 Å². The number of H-pyrrole nitrogens is 1. The third kappa shape index (κ3) is 3.20. The van der Waals surface area contributed by atoms with E-state index in [0.717, 1.165) is 38.5 Å². The lowest BCUT2D eigenvalue weighted by atomic mass is 10.0. The summed E-state index contributed by atoms with van der Waals surface area (Å²) in [5.74, 6) is 0.774. The van der Waals surface area contributed by atoms with E-state index in [9.17, 15) is 4.79 Å². The largest absolute Gasteiger partial charge is 0.354 e. The van der Waals surface area contributed by atoms with E-state index < -0.39 is 0 Å². The molecule has 5 nitrogen and oxygen atoms in total. The van der Waals surface area contributed by atoms with Crippen molar-refractivity contribution in [3.63, 3.8) is 0 Å². The summed E-state index contributed by atoms with van der Waals surface area (Å²) in [5, 5.41) is 0. The number of benzene rings is 1. The lowest BCUT2D eigenvalue weighted by molar-refractivity contribution is 0.248. The average molecular weight is 298 g/mol. The number of aromatic nitrogens is 2. The van der Waals surface area contributed by atoms with Gasteiger partial charge in [-0.2, -0.15) is 0 Å². The highest BCUT2D eigenvalue weighted by Gasteiger charge is 2.19. The molecular formula is C17H22N4O. The molecule has 116 valence electrons. The minimum atomic E-state index is -0.0945. The Morgan fingerprint density at radius 2 is 1.82 bits per heavy atom. The van der Waals surface area contributed by atoms with E-state index in [-0.39, 0.29) is 5.56 Å². The summed E-state index contributed by atoms with van der Waals surface area (Å²) in [5.41, 5.74) is 4.06. The molecule has 5 heteroatoms. The Bertz CT molecular complexity index is 682. The zero-order valence-corrected chi connectivity index (χ0v) is 13.2. The van der Waals surface area contributed by atoms with Crippen molar-refractivity contribution in [3.8, 4) is 0 Å². The monoisotopic (exact) mass is 298 g/mol. The molecule has 1 aromatic carbocycles. The molecule has 0 bridgehead atoms. The Kier molecular flexibility index (Phi) is 4.24. The molecule has 0 unspecified atom stereocenters. The molecule has 0 amide bonds. The van der Waals surface area contributed by atoms with Crippen LogP contribution in [0.2, 0.25) is 0 Å². The first-order valence-electron chi connectivity index (χ1n) is 7.70. The molecule has 0 atom stereocenters. The number of aromatic amines is 1. The molecule has 1 aliphatic heterocycles. The summed E-state index contributed by atoms with van der Waals surface area (Å²) in [7, 11) is 0. The number of aryl methyl sites for hydroxylation is 2. The highest BCUT2D eigenvalue weighted by molar-refractivity contribution is 5.37. The maximum absolute atomic E-state index is 11.4. The fourth-order valence-corrected chi connectivity index (χ4v) is 2.99. The first-order valence-corrected chi connectivity index (χ1v) is 7.70.